The molecule has 0 aliphatic rings. The zero-order valence-electron chi connectivity index (χ0n) is 9.14. The molecule has 0 saturated heterocycles. The largest absolute Gasteiger partial charge is 0.418 e. The first-order valence-corrected chi connectivity index (χ1v) is 6.01. The standard InChI is InChI=1S/C13H9BrN2O/c1-8-6-11-13(15-7-8)17-12(16-11)9-2-4-10(14)5-3-9/h2-7H,1H3. The fourth-order valence-corrected chi connectivity index (χ4v) is 1.90. The third-order valence-corrected chi connectivity index (χ3v) is 3.00. The van der Waals surface area contributed by atoms with E-state index >= 15 is 0 Å². The van der Waals surface area contributed by atoms with Gasteiger partial charge >= 0.3 is 0 Å². The van der Waals surface area contributed by atoms with Gasteiger partial charge in [0.15, 0.2) is 0 Å². The van der Waals surface area contributed by atoms with E-state index in [1.807, 2.05) is 37.3 Å². The van der Waals surface area contributed by atoms with Crippen molar-refractivity contribution < 1.29 is 4.42 Å². The SMILES string of the molecule is Cc1cnc2oc(-c3ccc(Br)cc3)nc2c1. The summed E-state index contributed by atoms with van der Waals surface area (Å²) in [5.41, 5.74) is 3.40. The minimum atomic E-state index is 0.577. The van der Waals surface area contributed by atoms with Crippen LogP contribution in [0.15, 0.2) is 45.4 Å². The maximum Gasteiger partial charge on any atom is 0.247 e. The van der Waals surface area contributed by atoms with E-state index < -0.39 is 0 Å². The molecule has 0 saturated carbocycles. The lowest BCUT2D eigenvalue weighted by Gasteiger charge is -1.94. The zero-order chi connectivity index (χ0) is 11.8. The smallest absolute Gasteiger partial charge is 0.247 e. The first-order valence-electron chi connectivity index (χ1n) is 5.21. The van der Waals surface area contributed by atoms with Crippen LogP contribution in [-0.4, -0.2) is 9.97 Å². The van der Waals surface area contributed by atoms with Crippen molar-refractivity contribution in [3.05, 3.63) is 46.6 Å². The van der Waals surface area contributed by atoms with Gasteiger partial charge in [0.1, 0.15) is 5.52 Å². The second-order valence-corrected chi connectivity index (χ2v) is 4.78. The van der Waals surface area contributed by atoms with Crippen LogP contribution in [0, 0.1) is 6.92 Å². The van der Waals surface area contributed by atoms with Crippen LogP contribution in [0.4, 0.5) is 0 Å². The van der Waals surface area contributed by atoms with Crippen molar-refractivity contribution in [1.82, 2.24) is 9.97 Å². The molecule has 0 atom stereocenters. The topological polar surface area (TPSA) is 38.9 Å². The van der Waals surface area contributed by atoms with Crippen molar-refractivity contribution in [2.24, 2.45) is 0 Å². The number of hydrogen-bond acceptors (Lipinski definition) is 3. The first-order chi connectivity index (χ1) is 8.22. The number of hydrogen-bond donors (Lipinski definition) is 0. The molecule has 84 valence electrons. The molecule has 0 aliphatic carbocycles. The van der Waals surface area contributed by atoms with Gasteiger partial charge in [-0.15, -0.1) is 0 Å². The molecule has 2 heterocycles. The van der Waals surface area contributed by atoms with E-state index in [0.29, 0.717) is 11.6 Å². The van der Waals surface area contributed by atoms with E-state index in [0.717, 1.165) is 21.1 Å². The molecule has 0 unspecified atom stereocenters. The van der Waals surface area contributed by atoms with Crippen LogP contribution in [0.1, 0.15) is 5.56 Å². The van der Waals surface area contributed by atoms with Crippen molar-refractivity contribution in [3.63, 3.8) is 0 Å². The van der Waals surface area contributed by atoms with Gasteiger partial charge in [-0.3, -0.25) is 0 Å². The maximum atomic E-state index is 5.61. The Labute approximate surface area is 107 Å². The molecular formula is C13H9BrN2O. The molecular weight excluding hydrogens is 280 g/mol. The average molecular weight is 289 g/mol. The van der Waals surface area contributed by atoms with Gasteiger partial charge in [0, 0.05) is 16.2 Å². The molecule has 3 aromatic rings. The Morgan fingerprint density at radius 2 is 1.94 bits per heavy atom. The second kappa shape index (κ2) is 3.96. The van der Waals surface area contributed by atoms with E-state index in [1.54, 1.807) is 6.20 Å². The Morgan fingerprint density at radius 3 is 2.71 bits per heavy atom. The van der Waals surface area contributed by atoms with Gasteiger partial charge in [-0.05, 0) is 42.8 Å². The van der Waals surface area contributed by atoms with Gasteiger partial charge in [-0.25, -0.2) is 9.97 Å². The van der Waals surface area contributed by atoms with Crippen molar-refractivity contribution >= 4 is 27.2 Å². The predicted octanol–water partition coefficient (Wildman–Crippen LogP) is 3.96. The van der Waals surface area contributed by atoms with Gasteiger partial charge in [0.05, 0.1) is 0 Å². The Hall–Kier alpha value is -1.68. The summed E-state index contributed by atoms with van der Waals surface area (Å²) in [6, 6.07) is 9.81. The summed E-state index contributed by atoms with van der Waals surface area (Å²) in [5, 5.41) is 0. The number of oxazole rings is 1. The van der Waals surface area contributed by atoms with E-state index in [2.05, 4.69) is 25.9 Å². The van der Waals surface area contributed by atoms with Crippen molar-refractivity contribution in [3.8, 4) is 11.5 Å². The quantitative estimate of drug-likeness (QED) is 0.680. The van der Waals surface area contributed by atoms with Crippen LogP contribution in [0.3, 0.4) is 0 Å². The number of benzene rings is 1. The number of aromatic nitrogens is 2. The summed E-state index contributed by atoms with van der Waals surface area (Å²) in [5.74, 6) is 0.602. The average Bonchev–Trinajstić information content (AvgIpc) is 2.72. The van der Waals surface area contributed by atoms with Crippen LogP contribution >= 0.6 is 15.9 Å². The second-order valence-electron chi connectivity index (χ2n) is 3.86. The maximum absolute atomic E-state index is 5.61. The molecule has 1 aromatic carbocycles. The molecule has 2 aromatic heterocycles. The summed E-state index contributed by atoms with van der Waals surface area (Å²) >= 11 is 3.40. The third-order valence-electron chi connectivity index (χ3n) is 2.48. The first kappa shape index (κ1) is 10.5. The summed E-state index contributed by atoms with van der Waals surface area (Å²) in [6.07, 6.45) is 1.78. The molecule has 3 rings (SSSR count). The lowest BCUT2D eigenvalue weighted by atomic mass is 10.2. The third kappa shape index (κ3) is 1.96. The Bertz CT molecular complexity index is 673. The minimum absolute atomic E-state index is 0.577. The number of fused-ring (bicyclic) bond motifs is 1. The molecule has 0 bridgehead atoms. The number of pyridine rings is 1. The highest BCUT2D eigenvalue weighted by molar-refractivity contribution is 9.10. The lowest BCUT2D eigenvalue weighted by molar-refractivity contribution is 0.607. The summed E-state index contributed by atoms with van der Waals surface area (Å²) in [4.78, 5) is 8.64. The van der Waals surface area contributed by atoms with E-state index in [4.69, 9.17) is 4.42 Å². The van der Waals surface area contributed by atoms with Gasteiger partial charge in [0.2, 0.25) is 11.6 Å². The van der Waals surface area contributed by atoms with Gasteiger partial charge in [-0.1, -0.05) is 15.9 Å². The molecule has 0 spiro atoms. The van der Waals surface area contributed by atoms with E-state index in [1.165, 1.54) is 0 Å². The highest BCUT2D eigenvalue weighted by Gasteiger charge is 2.08. The van der Waals surface area contributed by atoms with Crippen LogP contribution < -0.4 is 0 Å². The van der Waals surface area contributed by atoms with Gasteiger partial charge < -0.3 is 4.42 Å². The predicted molar refractivity (Wildman–Crippen MR) is 69.7 cm³/mol. The van der Waals surface area contributed by atoms with Crippen LogP contribution in [0.2, 0.25) is 0 Å². The lowest BCUT2D eigenvalue weighted by Crippen LogP contribution is -1.77. The fraction of sp³-hybridized carbons (Fsp3) is 0.0769. The Kier molecular flexibility index (Phi) is 2.44. The number of halogens is 1. The van der Waals surface area contributed by atoms with Crippen molar-refractivity contribution in [2.45, 2.75) is 6.92 Å². The van der Waals surface area contributed by atoms with Crippen LogP contribution in [0.5, 0.6) is 0 Å². The monoisotopic (exact) mass is 288 g/mol. The van der Waals surface area contributed by atoms with Crippen LogP contribution in [0.25, 0.3) is 22.7 Å². The summed E-state index contributed by atoms with van der Waals surface area (Å²) in [6.45, 7) is 1.99. The summed E-state index contributed by atoms with van der Waals surface area (Å²) in [7, 11) is 0. The van der Waals surface area contributed by atoms with E-state index in [9.17, 15) is 0 Å². The molecule has 0 radical (unpaired) electrons. The minimum Gasteiger partial charge on any atom is -0.418 e. The Morgan fingerprint density at radius 1 is 1.18 bits per heavy atom. The molecule has 3 nitrogen and oxygen atoms in total. The van der Waals surface area contributed by atoms with Gasteiger partial charge in [0.25, 0.3) is 0 Å². The molecule has 0 aliphatic heterocycles. The normalized spacial score (nSPS) is 10.9. The number of rotatable bonds is 1. The van der Waals surface area contributed by atoms with E-state index in [-0.39, 0.29) is 0 Å². The fourth-order valence-electron chi connectivity index (χ4n) is 1.64. The highest BCUT2D eigenvalue weighted by atomic mass is 79.9. The van der Waals surface area contributed by atoms with Crippen molar-refractivity contribution in [1.29, 1.82) is 0 Å². The Balaban J connectivity index is 2.14. The van der Waals surface area contributed by atoms with Crippen LogP contribution in [-0.2, 0) is 0 Å². The highest BCUT2D eigenvalue weighted by Crippen LogP contribution is 2.24. The molecule has 0 N–H and O–H groups in total. The van der Waals surface area contributed by atoms with Crippen molar-refractivity contribution in [2.75, 3.05) is 0 Å². The molecule has 0 amide bonds. The van der Waals surface area contributed by atoms with Gasteiger partial charge in [-0.2, -0.15) is 0 Å². The molecule has 17 heavy (non-hydrogen) atoms. The number of aryl methyl sites for hydroxylation is 1. The number of nitrogens with zero attached hydrogens (tertiary/aromatic N) is 2. The molecule has 4 heteroatoms. The summed E-state index contributed by atoms with van der Waals surface area (Å²) < 4.78 is 6.65. The molecule has 0 fully saturated rings. The zero-order valence-corrected chi connectivity index (χ0v) is 10.7.